The molecule has 0 aromatic heterocycles. The highest BCUT2D eigenvalue weighted by Gasteiger charge is 2.22. The van der Waals surface area contributed by atoms with Crippen molar-refractivity contribution in [2.75, 3.05) is 5.32 Å². The Kier molecular flexibility index (Phi) is 3.33. The minimum Gasteiger partial charge on any atom is -0.359 e. The number of hydrogen-bond acceptors (Lipinski definition) is 1. The zero-order chi connectivity index (χ0) is 11.5. The fraction of sp³-hybridized carbons (Fsp3) is 0.467. The van der Waals surface area contributed by atoms with Crippen LogP contribution in [0, 0.1) is 5.92 Å². The van der Waals surface area contributed by atoms with E-state index in [0.29, 0.717) is 5.92 Å². The van der Waals surface area contributed by atoms with Gasteiger partial charge in [0.2, 0.25) is 0 Å². The summed E-state index contributed by atoms with van der Waals surface area (Å²) in [6.07, 6.45) is 3.87. The lowest BCUT2D eigenvalue weighted by molar-refractivity contribution is 0.662. The maximum absolute atomic E-state index is 4.08. The monoisotopic (exact) mass is 215 g/mol. The van der Waals surface area contributed by atoms with Crippen LogP contribution in [0.3, 0.4) is 0 Å². The van der Waals surface area contributed by atoms with Gasteiger partial charge in [0.25, 0.3) is 0 Å². The average Bonchev–Trinajstić information content (AvgIpc) is 3.13. The molecule has 16 heavy (non-hydrogen) atoms. The van der Waals surface area contributed by atoms with E-state index in [4.69, 9.17) is 0 Å². The fourth-order valence-electron chi connectivity index (χ4n) is 1.81. The summed E-state index contributed by atoms with van der Waals surface area (Å²) in [4.78, 5) is 0. The minimum atomic E-state index is 0.531. The smallest absolute Gasteiger partial charge is 0.0381 e. The highest BCUT2D eigenvalue weighted by Crippen LogP contribution is 2.40. The lowest BCUT2D eigenvalue weighted by Gasteiger charge is -2.15. The Bertz CT molecular complexity index is 360. The molecule has 2 rings (SSSR count). The van der Waals surface area contributed by atoms with E-state index in [9.17, 15) is 0 Å². The van der Waals surface area contributed by atoms with E-state index in [1.54, 1.807) is 0 Å². The zero-order valence-corrected chi connectivity index (χ0v) is 10.3. The molecule has 1 atom stereocenters. The second-order valence-corrected chi connectivity index (χ2v) is 4.86. The quantitative estimate of drug-likeness (QED) is 0.760. The average molecular weight is 215 g/mol. The predicted octanol–water partition coefficient (Wildman–Crippen LogP) is 4.54. The molecular weight excluding hydrogens is 194 g/mol. The highest BCUT2D eigenvalue weighted by molar-refractivity contribution is 5.49. The summed E-state index contributed by atoms with van der Waals surface area (Å²) < 4.78 is 0. The van der Waals surface area contributed by atoms with Crippen molar-refractivity contribution in [2.45, 2.75) is 39.0 Å². The Hall–Kier alpha value is -1.24. The van der Waals surface area contributed by atoms with Crippen molar-refractivity contribution in [3.63, 3.8) is 0 Å². The summed E-state index contributed by atoms with van der Waals surface area (Å²) in [6.45, 7) is 8.47. The third-order valence-electron chi connectivity index (χ3n) is 3.47. The molecule has 0 saturated heterocycles. The van der Waals surface area contributed by atoms with Crippen LogP contribution >= 0.6 is 0 Å². The molecule has 0 heterocycles. The molecule has 1 fully saturated rings. The first kappa shape index (κ1) is 11.3. The number of benzene rings is 1. The van der Waals surface area contributed by atoms with Gasteiger partial charge in [-0.05, 0) is 48.8 Å². The summed E-state index contributed by atoms with van der Waals surface area (Å²) >= 11 is 0. The molecule has 1 nitrogen and oxygen atoms in total. The van der Waals surface area contributed by atoms with Crippen LogP contribution in [0.2, 0.25) is 0 Å². The molecule has 1 aromatic rings. The summed E-state index contributed by atoms with van der Waals surface area (Å²) in [5.74, 6) is 1.37. The van der Waals surface area contributed by atoms with E-state index in [1.165, 1.54) is 18.4 Å². The third kappa shape index (κ3) is 2.66. The van der Waals surface area contributed by atoms with E-state index in [2.05, 4.69) is 50.0 Å². The molecule has 1 N–H and O–H groups in total. The topological polar surface area (TPSA) is 12.0 Å². The van der Waals surface area contributed by atoms with Crippen molar-refractivity contribution in [3.8, 4) is 0 Å². The maximum Gasteiger partial charge on any atom is 0.0381 e. The van der Waals surface area contributed by atoms with Gasteiger partial charge in [0.15, 0.2) is 0 Å². The van der Waals surface area contributed by atoms with Gasteiger partial charge in [-0.25, -0.2) is 0 Å². The van der Waals surface area contributed by atoms with E-state index in [1.807, 2.05) is 0 Å². The Labute approximate surface area is 98.6 Å². The molecule has 1 aliphatic rings. The number of rotatable bonds is 5. The van der Waals surface area contributed by atoms with Crippen molar-refractivity contribution >= 4 is 5.69 Å². The van der Waals surface area contributed by atoms with Crippen molar-refractivity contribution in [3.05, 3.63) is 42.1 Å². The Morgan fingerprint density at radius 2 is 2.00 bits per heavy atom. The summed E-state index contributed by atoms with van der Waals surface area (Å²) in [7, 11) is 0. The van der Waals surface area contributed by atoms with Crippen LogP contribution in [-0.2, 0) is 0 Å². The van der Waals surface area contributed by atoms with Gasteiger partial charge in [-0.2, -0.15) is 0 Å². The van der Waals surface area contributed by atoms with Crippen molar-refractivity contribution in [1.29, 1.82) is 0 Å². The van der Waals surface area contributed by atoms with Gasteiger partial charge < -0.3 is 5.32 Å². The molecule has 1 saturated carbocycles. The van der Waals surface area contributed by atoms with Gasteiger partial charge in [-0.1, -0.05) is 32.6 Å². The SMILES string of the molecule is C=C(Nc1ccc(C2CC2)cc1)C(C)CC. The van der Waals surface area contributed by atoms with Crippen LogP contribution < -0.4 is 5.32 Å². The Morgan fingerprint density at radius 1 is 1.38 bits per heavy atom. The predicted molar refractivity (Wildman–Crippen MR) is 70.6 cm³/mol. The molecule has 1 unspecified atom stereocenters. The molecule has 0 radical (unpaired) electrons. The molecule has 0 bridgehead atoms. The second kappa shape index (κ2) is 4.73. The standard InChI is InChI=1S/C15H21N/c1-4-11(2)12(3)16-15-9-7-14(8-10-15)13-5-6-13/h7-11,13,16H,3-6H2,1-2H3. The molecule has 0 aliphatic heterocycles. The molecule has 0 amide bonds. The van der Waals surface area contributed by atoms with Crippen LogP contribution in [0.1, 0.15) is 44.6 Å². The van der Waals surface area contributed by atoms with E-state index in [-0.39, 0.29) is 0 Å². The van der Waals surface area contributed by atoms with Crippen molar-refractivity contribution in [2.24, 2.45) is 5.92 Å². The summed E-state index contributed by atoms with van der Waals surface area (Å²) in [5, 5.41) is 3.38. The highest BCUT2D eigenvalue weighted by atomic mass is 14.9. The number of allylic oxidation sites excluding steroid dienone is 1. The second-order valence-electron chi connectivity index (χ2n) is 4.86. The van der Waals surface area contributed by atoms with E-state index < -0.39 is 0 Å². The van der Waals surface area contributed by atoms with Gasteiger partial charge in [0, 0.05) is 11.4 Å². The van der Waals surface area contributed by atoms with Gasteiger partial charge in [0.1, 0.15) is 0 Å². The van der Waals surface area contributed by atoms with Gasteiger partial charge in [-0.15, -0.1) is 0 Å². The van der Waals surface area contributed by atoms with Crippen LogP contribution in [0.15, 0.2) is 36.5 Å². The molecule has 1 aliphatic carbocycles. The minimum absolute atomic E-state index is 0.531. The van der Waals surface area contributed by atoms with Crippen LogP contribution in [0.4, 0.5) is 5.69 Å². The first-order valence-electron chi connectivity index (χ1n) is 6.26. The normalized spacial score (nSPS) is 16.9. The number of nitrogens with one attached hydrogen (secondary N) is 1. The summed E-state index contributed by atoms with van der Waals surface area (Å²) in [6, 6.07) is 8.82. The van der Waals surface area contributed by atoms with Gasteiger partial charge >= 0.3 is 0 Å². The lowest BCUT2D eigenvalue weighted by Crippen LogP contribution is -2.06. The largest absolute Gasteiger partial charge is 0.359 e. The van der Waals surface area contributed by atoms with Crippen LogP contribution in [0.25, 0.3) is 0 Å². The molecule has 1 heteroatoms. The number of hydrogen-bond donors (Lipinski definition) is 1. The molecule has 0 spiro atoms. The number of anilines is 1. The Morgan fingerprint density at radius 3 is 2.50 bits per heavy atom. The molecule has 86 valence electrons. The zero-order valence-electron chi connectivity index (χ0n) is 10.3. The first-order valence-corrected chi connectivity index (χ1v) is 6.26. The maximum atomic E-state index is 4.08. The Balaban J connectivity index is 1.96. The van der Waals surface area contributed by atoms with Gasteiger partial charge in [-0.3, -0.25) is 0 Å². The van der Waals surface area contributed by atoms with Crippen molar-refractivity contribution < 1.29 is 0 Å². The van der Waals surface area contributed by atoms with Crippen molar-refractivity contribution in [1.82, 2.24) is 0 Å². The lowest BCUT2D eigenvalue weighted by atomic mass is 10.1. The third-order valence-corrected chi connectivity index (χ3v) is 3.47. The summed E-state index contributed by atoms with van der Waals surface area (Å²) in [5.41, 5.74) is 3.76. The molecular formula is C15H21N. The first-order chi connectivity index (χ1) is 7.70. The van der Waals surface area contributed by atoms with Crippen LogP contribution in [-0.4, -0.2) is 0 Å². The fourth-order valence-corrected chi connectivity index (χ4v) is 1.81. The van der Waals surface area contributed by atoms with E-state index >= 15 is 0 Å². The van der Waals surface area contributed by atoms with Crippen LogP contribution in [0.5, 0.6) is 0 Å². The molecule has 1 aromatic carbocycles. The van der Waals surface area contributed by atoms with Gasteiger partial charge in [0.05, 0.1) is 0 Å². The van der Waals surface area contributed by atoms with E-state index in [0.717, 1.165) is 23.7 Å².